The molecule has 0 atom stereocenters. The van der Waals surface area contributed by atoms with Gasteiger partial charge in [-0.15, -0.1) is 0 Å². The quantitative estimate of drug-likeness (QED) is 0.332. The van der Waals surface area contributed by atoms with Gasteiger partial charge in [0.25, 0.3) is 0 Å². The molecule has 0 saturated carbocycles. The van der Waals surface area contributed by atoms with Gasteiger partial charge in [0, 0.05) is 11.1 Å². The summed E-state index contributed by atoms with van der Waals surface area (Å²) >= 11 is 0. The smallest absolute Gasteiger partial charge is 0.416 e. The molecule has 0 aliphatic carbocycles. The molecule has 8 heteroatoms. The fourth-order valence-corrected chi connectivity index (χ4v) is 3.24. The first-order valence-electron chi connectivity index (χ1n) is 10.8. The summed E-state index contributed by atoms with van der Waals surface area (Å²) in [5.74, 6) is 1.76. The molecule has 1 heterocycles. The van der Waals surface area contributed by atoms with E-state index in [1.165, 1.54) is 12.1 Å². The lowest BCUT2D eigenvalue weighted by molar-refractivity contribution is -0.158. The number of ether oxygens (including phenoxy) is 3. The summed E-state index contributed by atoms with van der Waals surface area (Å²) in [6.45, 7) is 9.12. The van der Waals surface area contributed by atoms with Crippen LogP contribution in [0.1, 0.15) is 43.2 Å². The maximum atomic E-state index is 12.8. The molecule has 0 amide bonds. The molecule has 3 rings (SSSR count). The van der Waals surface area contributed by atoms with Crippen molar-refractivity contribution in [2.75, 3.05) is 6.61 Å². The van der Waals surface area contributed by atoms with Crippen molar-refractivity contribution in [1.29, 1.82) is 0 Å². The summed E-state index contributed by atoms with van der Waals surface area (Å²) in [5, 5.41) is 0. The van der Waals surface area contributed by atoms with E-state index in [0.29, 0.717) is 28.6 Å². The minimum absolute atomic E-state index is 0.212. The van der Waals surface area contributed by atoms with Crippen molar-refractivity contribution in [2.24, 2.45) is 0 Å². The summed E-state index contributed by atoms with van der Waals surface area (Å²) in [5.41, 5.74) is 0.257. The lowest BCUT2D eigenvalue weighted by Crippen LogP contribution is -2.39. The van der Waals surface area contributed by atoms with Gasteiger partial charge in [-0.3, -0.25) is 0 Å². The van der Waals surface area contributed by atoms with Crippen LogP contribution in [0.25, 0.3) is 11.3 Å². The highest BCUT2D eigenvalue weighted by Crippen LogP contribution is 2.33. The largest absolute Gasteiger partial charge is 0.489 e. The fraction of sp³-hybridized carbons (Fsp3) is 0.346. The van der Waals surface area contributed by atoms with Crippen LogP contribution in [-0.2, 0) is 22.3 Å². The maximum absolute atomic E-state index is 12.8. The van der Waals surface area contributed by atoms with E-state index in [2.05, 4.69) is 0 Å². The zero-order valence-electron chi connectivity index (χ0n) is 19.7. The van der Waals surface area contributed by atoms with E-state index >= 15 is 0 Å². The minimum Gasteiger partial charge on any atom is -0.489 e. The molecule has 3 aromatic rings. The molecule has 0 aliphatic heterocycles. The monoisotopic (exact) mass is 476 g/mol. The number of carbonyl (C=O) groups excluding carboxylic acids is 1. The highest BCUT2D eigenvalue weighted by molar-refractivity contribution is 5.79. The van der Waals surface area contributed by atoms with Crippen LogP contribution in [-0.4, -0.2) is 18.2 Å². The third kappa shape index (κ3) is 5.92. The molecule has 5 nitrogen and oxygen atoms in total. The molecule has 0 fully saturated rings. The minimum atomic E-state index is -4.39. The number of halogens is 3. The van der Waals surface area contributed by atoms with E-state index in [9.17, 15) is 18.0 Å². The highest BCUT2D eigenvalue weighted by atomic mass is 19.4. The molecule has 0 spiro atoms. The molecular weight excluding hydrogens is 449 g/mol. The summed E-state index contributed by atoms with van der Waals surface area (Å²) in [4.78, 5) is 12.1. The molecule has 0 unspecified atom stereocenters. The van der Waals surface area contributed by atoms with Gasteiger partial charge in [-0.25, -0.2) is 4.79 Å². The van der Waals surface area contributed by atoms with Crippen LogP contribution in [0.15, 0.2) is 52.9 Å². The van der Waals surface area contributed by atoms with Gasteiger partial charge in [-0.05, 0) is 76.6 Å². The van der Waals surface area contributed by atoms with Gasteiger partial charge in [0.1, 0.15) is 29.6 Å². The Bertz CT molecular complexity index is 1140. The Balaban J connectivity index is 1.67. The van der Waals surface area contributed by atoms with E-state index in [1.807, 2.05) is 6.92 Å². The normalized spacial score (nSPS) is 11.9. The van der Waals surface area contributed by atoms with Gasteiger partial charge in [0.2, 0.25) is 0 Å². The Labute approximate surface area is 196 Å². The van der Waals surface area contributed by atoms with Crippen molar-refractivity contribution in [1.82, 2.24) is 0 Å². The number of carbonyl (C=O) groups is 1. The van der Waals surface area contributed by atoms with E-state index in [4.69, 9.17) is 18.6 Å². The molecule has 34 heavy (non-hydrogen) atoms. The molecule has 2 aromatic carbocycles. The Kier molecular flexibility index (Phi) is 7.29. The van der Waals surface area contributed by atoms with Crippen molar-refractivity contribution >= 4 is 5.97 Å². The van der Waals surface area contributed by atoms with Crippen LogP contribution in [0, 0.1) is 13.8 Å². The highest BCUT2D eigenvalue weighted by Gasteiger charge is 2.32. The van der Waals surface area contributed by atoms with E-state index < -0.39 is 23.3 Å². The average molecular weight is 476 g/mol. The number of hydrogen-bond donors (Lipinski definition) is 0. The van der Waals surface area contributed by atoms with Crippen molar-refractivity contribution in [3.8, 4) is 22.8 Å². The molecule has 0 radical (unpaired) electrons. The van der Waals surface area contributed by atoms with Gasteiger partial charge in [0.05, 0.1) is 12.2 Å². The number of aryl methyl sites for hydroxylation is 2. The number of alkyl halides is 3. The zero-order valence-corrected chi connectivity index (χ0v) is 19.7. The number of benzene rings is 2. The van der Waals surface area contributed by atoms with Gasteiger partial charge >= 0.3 is 12.1 Å². The lowest BCUT2D eigenvalue weighted by atomic mass is 10.1. The Morgan fingerprint density at radius 1 is 1.00 bits per heavy atom. The first-order valence-corrected chi connectivity index (χ1v) is 10.8. The van der Waals surface area contributed by atoms with Crippen LogP contribution >= 0.6 is 0 Å². The van der Waals surface area contributed by atoms with Gasteiger partial charge in [0.15, 0.2) is 5.60 Å². The fourth-order valence-electron chi connectivity index (χ4n) is 3.24. The molecule has 182 valence electrons. The Hall–Kier alpha value is -3.42. The third-order valence-corrected chi connectivity index (χ3v) is 5.19. The summed E-state index contributed by atoms with van der Waals surface area (Å²) in [6.07, 6.45) is -4.39. The standard InChI is InChI=1S/C26H27F3O5/c1-6-31-24(30)25(4,5)34-22-12-11-21(13-16(22)2)32-15-19-14-23(33-17(19)3)18-7-9-20(10-8-18)26(27,28)29/h7-14H,6,15H2,1-5H3. The van der Waals surface area contributed by atoms with Crippen molar-refractivity contribution in [2.45, 2.75) is 53.0 Å². The molecule has 1 aromatic heterocycles. The predicted octanol–water partition coefficient (Wildman–Crippen LogP) is 6.88. The van der Waals surface area contributed by atoms with E-state index in [-0.39, 0.29) is 13.2 Å². The Morgan fingerprint density at radius 3 is 2.26 bits per heavy atom. The van der Waals surface area contributed by atoms with Gasteiger partial charge < -0.3 is 18.6 Å². The number of rotatable bonds is 8. The molecule has 0 bridgehead atoms. The molecular formula is C26H27F3O5. The van der Waals surface area contributed by atoms with Crippen LogP contribution in [0.2, 0.25) is 0 Å². The lowest BCUT2D eigenvalue weighted by Gasteiger charge is -2.25. The molecule has 0 saturated heterocycles. The SMILES string of the molecule is CCOC(=O)C(C)(C)Oc1ccc(OCc2cc(-c3ccc(C(F)(F)F)cc3)oc2C)cc1C. The van der Waals surface area contributed by atoms with Crippen LogP contribution < -0.4 is 9.47 Å². The van der Waals surface area contributed by atoms with Crippen molar-refractivity contribution in [3.05, 3.63) is 71.0 Å². The second-order valence-electron chi connectivity index (χ2n) is 8.32. The summed E-state index contributed by atoms with van der Waals surface area (Å²) < 4.78 is 60.9. The third-order valence-electron chi connectivity index (χ3n) is 5.19. The predicted molar refractivity (Wildman–Crippen MR) is 121 cm³/mol. The summed E-state index contributed by atoms with van der Waals surface area (Å²) in [7, 11) is 0. The van der Waals surface area contributed by atoms with Gasteiger partial charge in [-0.2, -0.15) is 13.2 Å². The zero-order chi connectivity index (χ0) is 25.1. The maximum Gasteiger partial charge on any atom is 0.416 e. The van der Waals surface area contributed by atoms with E-state index in [0.717, 1.165) is 23.3 Å². The van der Waals surface area contributed by atoms with Crippen LogP contribution in [0.5, 0.6) is 11.5 Å². The second-order valence-corrected chi connectivity index (χ2v) is 8.32. The second kappa shape index (κ2) is 9.83. The first kappa shape index (κ1) is 25.2. The van der Waals surface area contributed by atoms with Gasteiger partial charge in [-0.1, -0.05) is 12.1 Å². The van der Waals surface area contributed by atoms with Crippen LogP contribution in [0.3, 0.4) is 0 Å². The van der Waals surface area contributed by atoms with Crippen molar-refractivity contribution < 1.29 is 36.6 Å². The van der Waals surface area contributed by atoms with Crippen molar-refractivity contribution in [3.63, 3.8) is 0 Å². The number of furan rings is 1. The first-order chi connectivity index (χ1) is 15.9. The van der Waals surface area contributed by atoms with Crippen LogP contribution in [0.4, 0.5) is 13.2 Å². The Morgan fingerprint density at radius 2 is 1.68 bits per heavy atom. The average Bonchev–Trinajstić information content (AvgIpc) is 3.14. The number of hydrogen-bond acceptors (Lipinski definition) is 5. The summed E-state index contributed by atoms with van der Waals surface area (Å²) in [6, 6.07) is 11.8. The molecule has 0 N–H and O–H groups in total. The molecule has 0 aliphatic rings. The van der Waals surface area contributed by atoms with E-state index in [1.54, 1.807) is 52.0 Å². The topological polar surface area (TPSA) is 57.9 Å². The number of esters is 1.